The lowest BCUT2D eigenvalue weighted by Crippen LogP contribution is -2.12. The minimum atomic E-state index is -1.07. The van der Waals surface area contributed by atoms with Gasteiger partial charge in [0.15, 0.2) is 0 Å². The molecule has 0 radical (unpaired) electrons. The van der Waals surface area contributed by atoms with E-state index in [1.54, 1.807) is 12.1 Å². The van der Waals surface area contributed by atoms with E-state index in [2.05, 4.69) is 21.2 Å². The molecular formula is C13H7BrClFN2O3. The molecule has 0 heterocycles. The van der Waals surface area contributed by atoms with Crippen LogP contribution in [0.2, 0.25) is 5.02 Å². The fourth-order valence-electron chi connectivity index (χ4n) is 1.57. The summed E-state index contributed by atoms with van der Waals surface area (Å²) in [5, 5.41) is 13.4. The second kappa shape index (κ2) is 6.19. The topological polar surface area (TPSA) is 72.2 Å². The Morgan fingerprint density at radius 3 is 2.57 bits per heavy atom. The molecule has 2 aromatic carbocycles. The highest BCUT2D eigenvalue weighted by molar-refractivity contribution is 9.10. The summed E-state index contributed by atoms with van der Waals surface area (Å²) in [6.07, 6.45) is 0. The van der Waals surface area contributed by atoms with Gasteiger partial charge in [0.05, 0.1) is 9.95 Å². The van der Waals surface area contributed by atoms with E-state index in [4.69, 9.17) is 11.6 Å². The first-order chi connectivity index (χ1) is 9.88. The number of carbonyl (C=O) groups excluding carboxylic acids is 1. The molecule has 0 aliphatic heterocycles. The number of nitrogens with one attached hydrogen (secondary N) is 1. The molecule has 0 saturated heterocycles. The molecule has 0 atom stereocenters. The molecule has 1 amide bonds. The lowest BCUT2D eigenvalue weighted by molar-refractivity contribution is -0.387. The van der Waals surface area contributed by atoms with Crippen LogP contribution in [0.15, 0.2) is 40.9 Å². The largest absolute Gasteiger partial charge is 0.322 e. The van der Waals surface area contributed by atoms with Gasteiger partial charge in [-0.05, 0) is 46.3 Å². The van der Waals surface area contributed by atoms with Crippen molar-refractivity contribution in [1.82, 2.24) is 0 Å². The number of benzene rings is 2. The predicted molar refractivity (Wildman–Crippen MR) is 80.2 cm³/mol. The van der Waals surface area contributed by atoms with Crippen LogP contribution in [0.5, 0.6) is 0 Å². The molecule has 0 aromatic heterocycles. The number of rotatable bonds is 3. The molecule has 0 spiro atoms. The molecule has 0 saturated carbocycles. The van der Waals surface area contributed by atoms with Crippen LogP contribution in [0.4, 0.5) is 15.8 Å². The highest BCUT2D eigenvalue weighted by Gasteiger charge is 2.16. The van der Waals surface area contributed by atoms with E-state index in [1.165, 1.54) is 12.1 Å². The molecular weight excluding hydrogens is 367 g/mol. The number of nitro benzene ring substituents is 1. The molecule has 2 aromatic rings. The maximum absolute atomic E-state index is 13.5. The van der Waals surface area contributed by atoms with Gasteiger partial charge in [0.25, 0.3) is 5.91 Å². The second-order valence-electron chi connectivity index (χ2n) is 4.01. The zero-order valence-electron chi connectivity index (χ0n) is 10.3. The van der Waals surface area contributed by atoms with E-state index in [0.29, 0.717) is 15.2 Å². The summed E-state index contributed by atoms with van der Waals surface area (Å²) in [6.45, 7) is 0. The molecule has 1 N–H and O–H groups in total. The van der Waals surface area contributed by atoms with E-state index in [-0.39, 0.29) is 5.56 Å². The highest BCUT2D eigenvalue weighted by atomic mass is 79.9. The van der Waals surface area contributed by atoms with E-state index in [1.807, 2.05) is 0 Å². The zero-order valence-corrected chi connectivity index (χ0v) is 12.6. The molecule has 0 bridgehead atoms. The quantitative estimate of drug-likeness (QED) is 0.640. The minimum absolute atomic E-state index is 0.0304. The van der Waals surface area contributed by atoms with Gasteiger partial charge < -0.3 is 5.32 Å². The Kier molecular flexibility index (Phi) is 4.54. The Balaban J connectivity index is 2.22. The standard InChI is InChI=1S/C13H7BrClFN2O3/c14-9-3-2-8(6-10(9)15)17-13(19)7-1-4-12(18(20)21)11(16)5-7/h1-6H,(H,17,19). The van der Waals surface area contributed by atoms with Crippen molar-refractivity contribution in [2.24, 2.45) is 0 Å². The third-order valence-corrected chi connectivity index (χ3v) is 3.82. The SMILES string of the molecule is O=C(Nc1ccc(Br)c(Cl)c1)c1ccc([N+](=O)[O-])c(F)c1. The van der Waals surface area contributed by atoms with Crippen molar-refractivity contribution in [3.63, 3.8) is 0 Å². The Bertz CT molecular complexity index is 739. The van der Waals surface area contributed by atoms with Crippen LogP contribution < -0.4 is 5.32 Å². The van der Waals surface area contributed by atoms with Crippen molar-refractivity contribution in [3.8, 4) is 0 Å². The van der Waals surface area contributed by atoms with Crippen LogP contribution in [-0.2, 0) is 0 Å². The van der Waals surface area contributed by atoms with Gasteiger partial charge in [0, 0.05) is 21.8 Å². The third-order valence-electron chi connectivity index (χ3n) is 2.58. The van der Waals surface area contributed by atoms with Crippen LogP contribution in [0.3, 0.4) is 0 Å². The van der Waals surface area contributed by atoms with Crippen molar-refractivity contribution in [1.29, 1.82) is 0 Å². The first-order valence-electron chi connectivity index (χ1n) is 5.59. The van der Waals surface area contributed by atoms with Crippen LogP contribution in [-0.4, -0.2) is 10.8 Å². The van der Waals surface area contributed by atoms with Crippen molar-refractivity contribution in [2.45, 2.75) is 0 Å². The number of amides is 1. The average Bonchev–Trinajstić information content (AvgIpc) is 2.42. The summed E-state index contributed by atoms with van der Waals surface area (Å²) in [5.41, 5.74) is -0.290. The molecule has 0 unspecified atom stereocenters. The predicted octanol–water partition coefficient (Wildman–Crippen LogP) is 4.40. The molecule has 0 fully saturated rings. The van der Waals surface area contributed by atoms with Gasteiger partial charge in [0.1, 0.15) is 0 Å². The van der Waals surface area contributed by atoms with Crippen LogP contribution in [0.25, 0.3) is 0 Å². The first-order valence-corrected chi connectivity index (χ1v) is 6.76. The molecule has 0 aliphatic carbocycles. The lowest BCUT2D eigenvalue weighted by atomic mass is 10.2. The lowest BCUT2D eigenvalue weighted by Gasteiger charge is -2.06. The van der Waals surface area contributed by atoms with Gasteiger partial charge in [-0.25, -0.2) is 0 Å². The molecule has 108 valence electrons. The fraction of sp³-hybridized carbons (Fsp3) is 0. The molecule has 8 heteroatoms. The Morgan fingerprint density at radius 1 is 1.29 bits per heavy atom. The maximum atomic E-state index is 13.5. The summed E-state index contributed by atoms with van der Waals surface area (Å²) in [7, 11) is 0. The van der Waals surface area contributed by atoms with Gasteiger partial charge in [-0.1, -0.05) is 11.6 Å². The first kappa shape index (κ1) is 15.4. The second-order valence-corrected chi connectivity index (χ2v) is 5.27. The fourth-order valence-corrected chi connectivity index (χ4v) is 2.00. The normalized spacial score (nSPS) is 10.2. The smallest absolute Gasteiger partial charge is 0.304 e. The average molecular weight is 374 g/mol. The molecule has 2 rings (SSSR count). The van der Waals surface area contributed by atoms with Gasteiger partial charge in [-0.15, -0.1) is 0 Å². The minimum Gasteiger partial charge on any atom is -0.322 e. The summed E-state index contributed by atoms with van der Waals surface area (Å²) in [6, 6.07) is 7.71. The Hall–Kier alpha value is -1.99. The van der Waals surface area contributed by atoms with Crippen LogP contribution in [0, 0.1) is 15.9 Å². The third kappa shape index (κ3) is 3.56. The van der Waals surface area contributed by atoms with Crippen molar-refractivity contribution in [3.05, 3.63) is 67.4 Å². The molecule has 21 heavy (non-hydrogen) atoms. The van der Waals surface area contributed by atoms with Gasteiger partial charge >= 0.3 is 5.69 Å². The molecule has 5 nitrogen and oxygen atoms in total. The van der Waals surface area contributed by atoms with Crippen LogP contribution >= 0.6 is 27.5 Å². The highest BCUT2D eigenvalue weighted by Crippen LogP contribution is 2.26. The van der Waals surface area contributed by atoms with Crippen molar-refractivity contribution < 1.29 is 14.1 Å². The van der Waals surface area contributed by atoms with Crippen LogP contribution in [0.1, 0.15) is 10.4 Å². The van der Waals surface area contributed by atoms with Gasteiger partial charge in [-0.3, -0.25) is 14.9 Å². The summed E-state index contributed by atoms with van der Waals surface area (Å²) < 4.78 is 14.1. The van der Waals surface area contributed by atoms with Crippen molar-refractivity contribution >= 4 is 44.8 Å². The monoisotopic (exact) mass is 372 g/mol. The molecule has 0 aliphatic rings. The van der Waals surface area contributed by atoms with E-state index in [0.717, 1.165) is 12.1 Å². The maximum Gasteiger partial charge on any atom is 0.304 e. The van der Waals surface area contributed by atoms with E-state index >= 15 is 0 Å². The van der Waals surface area contributed by atoms with E-state index in [9.17, 15) is 19.3 Å². The Morgan fingerprint density at radius 2 is 2.00 bits per heavy atom. The summed E-state index contributed by atoms with van der Waals surface area (Å²) in [5.74, 6) is -1.66. The Labute approximate surface area is 132 Å². The number of carbonyl (C=O) groups is 1. The van der Waals surface area contributed by atoms with Gasteiger partial charge in [0.2, 0.25) is 5.82 Å². The van der Waals surface area contributed by atoms with Gasteiger partial charge in [-0.2, -0.15) is 4.39 Å². The summed E-state index contributed by atoms with van der Waals surface area (Å²) >= 11 is 9.10. The number of anilines is 1. The number of nitro groups is 1. The van der Waals surface area contributed by atoms with E-state index < -0.39 is 22.3 Å². The number of hydrogen-bond acceptors (Lipinski definition) is 3. The zero-order chi connectivity index (χ0) is 15.6. The number of halogens is 3. The number of hydrogen-bond donors (Lipinski definition) is 1. The summed E-state index contributed by atoms with van der Waals surface area (Å²) in [4.78, 5) is 21.6. The number of nitrogens with zero attached hydrogens (tertiary/aromatic N) is 1. The van der Waals surface area contributed by atoms with Crippen molar-refractivity contribution in [2.75, 3.05) is 5.32 Å².